The van der Waals surface area contributed by atoms with Gasteiger partial charge < -0.3 is 5.73 Å². The zero-order valence-electron chi connectivity index (χ0n) is 13.8. The molecule has 1 nitrogen and oxygen atoms in total. The van der Waals surface area contributed by atoms with E-state index in [-0.39, 0.29) is 17.8 Å². The monoisotopic (exact) mass is 299 g/mol. The molecule has 0 bridgehead atoms. The Morgan fingerprint density at radius 2 is 2.00 bits per heavy atom. The molecule has 0 radical (unpaired) electrons. The highest BCUT2D eigenvalue weighted by molar-refractivity contribution is 5.60. The number of rotatable bonds is 4. The average molecular weight is 299 g/mol. The van der Waals surface area contributed by atoms with Gasteiger partial charge in [0.2, 0.25) is 0 Å². The zero-order chi connectivity index (χ0) is 16.2. The first kappa shape index (κ1) is 16.7. The van der Waals surface area contributed by atoms with Crippen LogP contribution in [0.1, 0.15) is 51.2 Å². The highest BCUT2D eigenvalue weighted by Crippen LogP contribution is 2.40. The van der Waals surface area contributed by atoms with Crippen LogP contribution in [0, 0.1) is 5.41 Å². The molecule has 1 aromatic carbocycles. The van der Waals surface area contributed by atoms with E-state index in [0.717, 1.165) is 11.1 Å². The van der Waals surface area contributed by atoms with Crippen molar-refractivity contribution in [3.05, 3.63) is 58.4 Å². The van der Waals surface area contributed by atoms with Gasteiger partial charge in [-0.05, 0) is 60.4 Å². The van der Waals surface area contributed by atoms with Crippen LogP contribution in [0.5, 0.6) is 0 Å². The molecule has 0 amide bonds. The van der Waals surface area contributed by atoms with Crippen molar-refractivity contribution in [1.29, 1.82) is 0 Å². The molecule has 118 valence electrons. The van der Waals surface area contributed by atoms with E-state index in [4.69, 9.17) is 5.73 Å². The molecule has 0 saturated carbocycles. The molecule has 0 spiro atoms. The van der Waals surface area contributed by atoms with Crippen molar-refractivity contribution in [3.63, 3.8) is 0 Å². The molecule has 1 aliphatic carbocycles. The first-order valence-electron chi connectivity index (χ1n) is 7.97. The maximum Gasteiger partial charge on any atom is 0.114 e. The van der Waals surface area contributed by atoms with E-state index in [0.29, 0.717) is 0 Å². The molecule has 2 N–H and O–H groups in total. The minimum Gasteiger partial charge on any atom is -0.325 e. The van der Waals surface area contributed by atoms with Gasteiger partial charge >= 0.3 is 0 Å². The van der Waals surface area contributed by atoms with Crippen molar-refractivity contribution in [2.45, 2.75) is 40.0 Å². The third-order valence-corrected chi connectivity index (χ3v) is 4.41. The summed E-state index contributed by atoms with van der Waals surface area (Å²) in [6.45, 7) is 6.80. The van der Waals surface area contributed by atoms with Gasteiger partial charge in [-0.3, -0.25) is 0 Å². The second-order valence-electron chi connectivity index (χ2n) is 6.73. The Balaban J connectivity index is 2.25. The zero-order valence-corrected chi connectivity index (χ0v) is 13.8. The van der Waals surface area contributed by atoms with Gasteiger partial charge in [0.15, 0.2) is 0 Å². The van der Waals surface area contributed by atoms with E-state index in [9.17, 15) is 4.39 Å². The van der Waals surface area contributed by atoms with Crippen LogP contribution < -0.4 is 5.73 Å². The lowest BCUT2D eigenvalue weighted by molar-refractivity contribution is 0.377. The minimum atomic E-state index is -0.298. The predicted molar refractivity (Wildman–Crippen MR) is 93.9 cm³/mol. The smallest absolute Gasteiger partial charge is 0.114 e. The fourth-order valence-electron chi connectivity index (χ4n) is 3.18. The van der Waals surface area contributed by atoms with Gasteiger partial charge in [-0.25, -0.2) is 4.39 Å². The summed E-state index contributed by atoms with van der Waals surface area (Å²) in [6.07, 6.45) is 9.55. The standard InChI is InChI=1S/C20H26FN/c1-15-6-5-11-20(2,3)19(15)10-9-16-7-4-8-17(12-16)13-18(21)14-22/h4,7-10,12-13H,5-6,11,14,22H2,1-3H3. The van der Waals surface area contributed by atoms with Crippen molar-refractivity contribution in [2.24, 2.45) is 11.1 Å². The van der Waals surface area contributed by atoms with Crippen molar-refractivity contribution >= 4 is 12.2 Å². The lowest BCUT2D eigenvalue weighted by atomic mass is 9.72. The van der Waals surface area contributed by atoms with Crippen molar-refractivity contribution in [1.82, 2.24) is 0 Å². The lowest BCUT2D eigenvalue weighted by Crippen LogP contribution is -2.18. The predicted octanol–water partition coefficient (Wildman–Crippen LogP) is 5.50. The quantitative estimate of drug-likeness (QED) is 0.781. The molecule has 0 unspecified atom stereocenters. The van der Waals surface area contributed by atoms with Crippen LogP contribution in [-0.4, -0.2) is 6.54 Å². The third-order valence-electron chi connectivity index (χ3n) is 4.41. The maximum absolute atomic E-state index is 13.3. The minimum absolute atomic E-state index is 0.0552. The van der Waals surface area contributed by atoms with Gasteiger partial charge in [0.05, 0.1) is 0 Å². The highest BCUT2D eigenvalue weighted by Gasteiger charge is 2.26. The fraction of sp³-hybridized carbons (Fsp3) is 0.400. The Morgan fingerprint density at radius 1 is 1.27 bits per heavy atom. The van der Waals surface area contributed by atoms with Gasteiger partial charge in [-0.15, -0.1) is 0 Å². The molecule has 0 fully saturated rings. The van der Waals surface area contributed by atoms with E-state index >= 15 is 0 Å². The Labute approximate surface area is 133 Å². The van der Waals surface area contributed by atoms with Crippen LogP contribution in [-0.2, 0) is 0 Å². The maximum atomic E-state index is 13.3. The number of benzene rings is 1. The third kappa shape index (κ3) is 4.17. The van der Waals surface area contributed by atoms with Crippen LogP contribution in [0.15, 0.2) is 47.3 Å². The number of halogens is 1. The summed E-state index contributed by atoms with van der Waals surface area (Å²) in [6, 6.07) is 7.86. The van der Waals surface area contributed by atoms with Crippen LogP contribution in [0.2, 0.25) is 0 Å². The second kappa shape index (κ2) is 7.06. The molecule has 2 rings (SSSR count). The molecule has 0 aliphatic heterocycles. The molecule has 22 heavy (non-hydrogen) atoms. The normalized spacial score (nSPS) is 19.0. The van der Waals surface area contributed by atoms with Crippen molar-refractivity contribution in [3.8, 4) is 0 Å². The van der Waals surface area contributed by atoms with Crippen molar-refractivity contribution < 1.29 is 4.39 Å². The Bertz CT molecular complexity index is 620. The molecule has 0 heterocycles. The van der Waals surface area contributed by atoms with E-state index in [2.05, 4.69) is 32.9 Å². The van der Waals surface area contributed by atoms with Crippen molar-refractivity contribution in [2.75, 3.05) is 6.54 Å². The van der Waals surface area contributed by atoms with E-state index in [1.54, 1.807) is 0 Å². The van der Waals surface area contributed by atoms with Gasteiger partial charge in [0.1, 0.15) is 5.83 Å². The Hall–Kier alpha value is -1.67. The highest BCUT2D eigenvalue weighted by atomic mass is 19.1. The van der Waals surface area contributed by atoms with E-state index in [1.807, 2.05) is 24.3 Å². The summed E-state index contributed by atoms with van der Waals surface area (Å²) in [4.78, 5) is 0. The summed E-state index contributed by atoms with van der Waals surface area (Å²) < 4.78 is 13.3. The largest absolute Gasteiger partial charge is 0.325 e. The van der Waals surface area contributed by atoms with E-state index in [1.165, 1.54) is 36.5 Å². The topological polar surface area (TPSA) is 26.0 Å². The Kier molecular flexibility index (Phi) is 5.36. The molecular formula is C20H26FN. The molecular weight excluding hydrogens is 273 g/mol. The van der Waals surface area contributed by atoms with Crippen LogP contribution in [0.3, 0.4) is 0 Å². The SMILES string of the molecule is CC1=C(C=Cc2cccc(C=C(F)CN)c2)C(C)(C)CCC1. The first-order valence-corrected chi connectivity index (χ1v) is 7.97. The first-order chi connectivity index (χ1) is 10.4. The molecule has 0 aromatic heterocycles. The molecule has 1 aliphatic rings. The Morgan fingerprint density at radius 3 is 2.68 bits per heavy atom. The van der Waals surface area contributed by atoms with Crippen LogP contribution >= 0.6 is 0 Å². The summed E-state index contributed by atoms with van der Waals surface area (Å²) in [5.74, 6) is -0.298. The molecule has 0 atom stereocenters. The summed E-state index contributed by atoms with van der Waals surface area (Å²) in [5.41, 5.74) is 10.4. The van der Waals surface area contributed by atoms with Gasteiger partial charge in [0.25, 0.3) is 0 Å². The number of allylic oxidation sites excluding steroid dienone is 3. The summed E-state index contributed by atoms with van der Waals surface area (Å²) in [7, 11) is 0. The van der Waals surface area contributed by atoms with Gasteiger partial charge in [0, 0.05) is 6.54 Å². The summed E-state index contributed by atoms with van der Waals surface area (Å²) >= 11 is 0. The molecule has 2 heteroatoms. The molecule has 0 saturated heterocycles. The second-order valence-corrected chi connectivity index (χ2v) is 6.73. The number of hydrogen-bond donors (Lipinski definition) is 1. The number of hydrogen-bond acceptors (Lipinski definition) is 1. The van der Waals surface area contributed by atoms with Crippen LogP contribution in [0.25, 0.3) is 12.2 Å². The van der Waals surface area contributed by atoms with Gasteiger partial charge in [-0.1, -0.05) is 49.8 Å². The number of nitrogens with two attached hydrogens (primary N) is 1. The summed E-state index contributed by atoms with van der Waals surface area (Å²) in [5, 5.41) is 0. The van der Waals surface area contributed by atoms with E-state index < -0.39 is 0 Å². The molecule has 1 aromatic rings. The average Bonchev–Trinajstić information content (AvgIpc) is 2.46. The lowest BCUT2D eigenvalue weighted by Gasteiger charge is -2.32. The van der Waals surface area contributed by atoms with Gasteiger partial charge in [-0.2, -0.15) is 0 Å². The van der Waals surface area contributed by atoms with Crippen LogP contribution in [0.4, 0.5) is 4.39 Å². The fourth-order valence-corrected chi connectivity index (χ4v) is 3.18.